The van der Waals surface area contributed by atoms with Crippen LogP contribution in [-0.4, -0.2) is 20.7 Å². The molecule has 0 aliphatic carbocycles. The minimum Gasteiger partial charge on any atom is -0.348 e. The van der Waals surface area contributed by atoms with Gasteiger partial charge in [0.1, 0.15) is 6.54 Å². The lowest BCUT2D eigenvalue weighted by Gasteiger charge is -2.17. The second kappa shape index (κ2) is 6.39. The first kappa shape index (κ1) is 14.3. The van der Waals surface area contributed by atoms with Gasteiger partial charge in [0.2, 0.25) is 5.91 Å². The number of carbonyl (C=O) groups is 1. The second-order valence-electron chi connectivity index (χ2n) is 5.17. The third-order valence-electron chi connectivity index (χ3n) is 3.70. The lowest BCUT2D eigenvalue weighted by atomic mass is 10.1. The van der Waals surface area contributed by atoms with Crippen LogP contribution in [0.1, 0.15) is 24.9 Å². The number of benzene rings is 1. The van der Waals surface area contributed by atoms with Crippen molar-refractivity contribution in [3.63, 3.8) is 0 Å². The van der Waals surface area contributed by atoms with Crippen LogP contribution in [-0.2, 0) is 11.3 Å². The van der Waals surface area contributed by atoms with Crippen molar-refractivity contribution >= 4 is 16.8 Å². The predicted molar refractivity (Wildman–Crippen MR) is 85.1 cm³/mol. The van der Waals surface area contributed by atoms with Gasteiger partial charge in [0, 0.05) is 17.8 Å². The Morgan fingerprint density at radius 1 is 1.23 bits per heavy atom. The predicted octanol–water partition coefficient (Wildman–Crippen LogP) is 2.70. The maximum Gasteiger partial charge on any atom is 0.242 e. The van der Waals surface area contributed by atoms with Gasteiger partial charge in [-0.25, -0.2) is 0 Å². The van der Waals surface area contributed by atoms with E-state index in [2.05, 4.69) is 22.3 Å². The Bertz CT molecular complexity index is 766. The summed E-state index contributed by atoms with van der Waals surface area (Å²) in [6, 6.07) is 11.7. The molecule has 0 fully saturated rings. The van der Waals surface area contributed by atoms with E-state index in [0.29, 0.717) is 0 Å². The maximum atomic E-state index is 12.3. The summed E-state index contributed by atoms with van der Waals surface area (Å²) in [6.45, 7) is 2.27. The van der Waals surface area contributed by atoms with Gasteiger partial charge in [-0.15, -0.1) is 0 Å². The summed E-state index contributed by atoms with van der Waals surface area (Å²) in [5, 5.41) is 8.38. The van der Waals surface area contributed by atoms with E-state index in [1.165, 1.54) is 0 Å². The monoisotopic (exact) mass is 294 g/mol. The van der Waals surface area contributed by atoms with Crippen molar-refractivity contribution in [2.45, 2.75) is 25.9 Å². The van der Waals surface area contributed by atoms with Crippen LogP contribution in [0.25, 0.3) is 10.9 Å². The van der Waals surface area contributed by atoms with Gasteiger partial charge in [-0.05, 0) is 30.2 Å². The first-order valence-corrected chi connectivity index (χ1v) is 7.37. The number of nitrogens with one attached hydrogen (secondary N) is 1. The van der Waals surface area contributed by atoms with E-state index in [0.717, 1.165) is 22.9 Å². The normalized spacial score (nSPS) is 12.2. The Morgan fingerprint density at radius 2 is 2.00 bits per heavy atom. The van der Waals surface area contributed by atoms with Crippen molar-refractivity contribution in [2.75, 3.05) is 0 Å². The van der Waals surface area contributed by atoms with Crippen LogP contribution >= 0.6 is 0 Å². The highest BCUT2D eigenvalue weighted by molar-refractivity contribution is 5.82. The van der Waals surface area contributed by atoms with Crippen LogP contribution in [0, 0.1) is 0 Å². The molecule has 1 atom stereocenters. The summed E-state index contributed by atoms with van der Waals surface area (Å²) >= 11 is 0. The molecule has 0 aliphatic rings. The lowest BCUT2D eigenvalue weighted by Crippen LogP contribution is -2.31. The quantitative estimate of drug-likeness (QED) is 0.787. The Labute approximate surface area is 129 Å². The number of nitrogens with zero attached hydrogens (tertiary/aromatic N) is 3. The summed E-state index contributed by atoms with van der Waals surface area (Å²) in [7, 11) is 0. The molecule has 112 valence electrons. The average Bonchev–Trinajstić information content (AvgIpc) is 2.96. The largest absolute Gasteiger partial charge is 0.348 e. The number of amides is 1. The van der Waals surface area contributed by atoms with E-state index < -0.39 is 0 Å². The van der Waals surface area contributed by atoms with E-state index in [9.17, 15) is 4.79 Å². The number of pyridine rings is 1. The van der Waals surface area contributed by atoms with Gasteiger partial charge in [0.05, 0.1) is 17.8 Å². The number of rotatable bonds is 5. The van der Waals surface area contributed by atoms with Crippen LogP contribution < -0.4 is 5.32 Å². The molecule has 1 N–H and O–H groups in total. The molecule has 3 rings (SSSR count). The third kappa shape index (κ3) is 2.98. The van der Waals surface area contributed by atoms with Crippen molar-refractivity contribution in [3.05, 3.63) is 60.6 Å². The topological polar surface area (TPSA) is 59.8 Å². The molecule has 5 nitrogen and oxygen atoms in total. The number of hydrogen-bond donors (Lipinski definition) is 1. The molecule has 0 radical (unpaired) electrons. The molecule has 1 amide bonds. The molecular weight excluding hydrogens is 276 g/mol. The van der Waals surface area contributed by atoms with Gasteiger partial charge < -0.3 is 5.32 Å². The molecule has 1 aromatic carbocycles. The fraction of sp³-hybridized carbons (Fsp3) is 0.235. The van der Waals surface area contributed by atoms with Crippen molar-refractivity contribution < 1.29 is 4.79 Å². The smallest absolute Gasteiger partial charge is 0.242 e. The van der Waals surface area contributed by atoms with Gasteiger partial charge >= 0.3 is 0 Å². The zero-order valence-electron chi connectivity index (χ0n) is 12.4. The Kier molecular flexibility index (Phi) is 4.14. The molecular formula is C17H18N4O. The van der Waals surface area contributed by atoms with Crippen molar-refractivity contribution in [1.82, 2.24) is 20.1 Å². The molecule has 0 unspecified atom stereocenters. The van der Waals surface area contributed by atoms with Crippen LogP contribution in [0.4, 0.5) is 0 Å². The Morgan fingerprint density at radius 3 is 2.77 bits per heavy atom. The van der Waals surface area contributed by atoms with Gasteiger partial charge in [0.25, 0.3) is 0 Å². The molecule has 0 saturated carbocycles. The molecule has 5 heteroatoms. The van der Waals surface area contributed by atoms with Crippen molar-refractivity contribution in [1.29, 1.82) is 0 Å². The number of para-hydroxylation sites is 1. The minimum atomic E-state index is -0.0440. The van der Waals surface area contributed by atoms with Gasteiger partial charge in [-0.2, -0.15) is 5.10 Å². The summed E-state index contributed by atoms with van der Waals surface area (Å²) in [6.07, 6.45) is 6.09. The van der Waals surface area contributed by atoms with Crippen LogP contribution in [0.2, 0.25) is 0 Å². The van der Waals surface area contributed by atoms with Crippen LogP contribution in [0.15, 0.2) is 55.0 Å². The third-order valence-corrected chi connectivity index (χ3v) is 3.70. The van der Waals surface area contributed by atoms with Crippen LogP contribution in [0.5, 0.6) is 0 Å². The minimum absolute atomic E-state index is 0.00248. The molecule has 0 aliphatic heterocycles. The molecule has 2 aromatic heterocycles. The van der Waals surface area contributed by atoms with Gasteiger partial charge in [0.15, 0.2) is 0 Å². The summed E-state index contributed by atoms with van der Waals surface area (Å²) in [5.41, 5.74) is 2.03. The van der Waals surface area contributed by atoms with Crippen molar-refractivity contribution in [3.8, 4) is 0 Å². The Hall–Kier alpha value is -2.69. The molecule has 0 saturated heterocycles. The second-order valence-corrected chi connectivity index (χ2v) is 5.17. The van der Waals surface area contributed by atoms with Crippen molar-refractivity contribution in [2.24, 2.45) is 0 Å². The first-order chi connectivity index (χ1) is 10.8. The highest BCUT2D eigenvalue weighted by Crippen LogP contribution is 2.16. The van der Waals surface area contributed by atoms with E-state index >= 15 is 0 Å². The number of fused-ring (bicyclic) bond motifs is 1. The summed E-state index contributed by atoms with van der Waals surface area (Å²) in [5.74, 6) is -0.0440. The van der Waals surface area contributed by atoms with E-state index in [4.69, 9.17) is 0 Å². The molecule has 0 bridgehead atoms. The number of carbonyl (C=O) groups excluding carboxylic acids is 1. The summed E-state index contributed by atoms with van der Waals surface area (Å²) < 4.78 is 1.73. The number of aromatic nitrogens is 3. The van der Waals surface area contributed by atoms with Gasteiger partial charge in [-0.1, -0.05) is 25.1 Å². The highest BCUT2D eigenvalue weighted by atomic mass is 16.2. The molecule has 3 aromatic rings. The highest BCUT2D eigenvalue weighted by Gasteiger charge is 2.14. The zero-order chi connectivity index (χ0) is 15.4. The fourth-order valence-electron chi connectivity index (χ4n) is 2.54. The van der Waals surface area contributed by atoms with E-state index in [-0.39, 0.29) is 18.5 Å². The van der Waals surface area contributed by atoms with E-state index in [1.54, 1.807) is 23.3 Å². The van der Waals surface area contributed by atoms with E-state index in [1.807, 2.05) is 36.4 Å². The maximum absolute atomic E-state index is 12.3. The number of hydrogen-bond acceptors (Lipinski definition) is 3. The Balaban J connectivity index is 1.72. The van der Waals surface area contributed by atoms with Gasteiger partial charge in [-0.3, -0.25) is 14.5 Å². The van der Waals surface area contributed by atoms with Crippen LogP contribution in [0.3, 0.4) is 0 Å². The molecule has 22 heavy (non-hydrogen) atoms. The lowest BCUT2D eigenvalue weighted by molar-refractivity contribution is -0.122. The molecule has 2 heterocycles. The standard InChI is InChI=1S/C17H18N4O/c1-2-15(13-7-9-18-10-8-13)20-17(22)12-21-16-6-4-3-5-14(16)11-19-21/h3-11,15H,2,12H2,1H3,(H,20,22)/t15-/m1/s1. The average molecular weight is 294 g/mol. The fourth-order valence-corrected chi connectivity index (χ4v) is 2.54. The summed E-state index contributed by atoms with van der Waals surface area (Å²) in [4.78, 5) is 16.3. The first-order valence-electron chi connectivity index (χ1n) is 7.37. The zero-order valence-corrected chi connectivity index (χ0v) is 12.4. The molecule has 0 spiro atoms. The SMILES string of the molecule is CC[C@@H](NC(=O)Cn1ncc2ccccc21)c1ccncc1.